The molecule has 0 aliphatic rings. The van der Waals surface area contributed by atoms with Gasteiger partial charge in [-0.1, -0.05) is 13.3 Å². The van der Waals surface area contributed by atoms with Crippen LogP contribution in [0.15, 0.2) is 0 Å². The SMILES string of the molecule is CCCCOCC(O)COONC(C)CN. The van der Waals surface area contributed by atoms with E-state index in [2.05, 4.69) is 17.4 Å². The minimum atomic E-state index is -0.674. The molecule has 6 nitrogen and oxygen atoms in total. The van der Waals surface area contributed by atoms with Gasteiger partial charge in [0.2, 0.25) is 0 Å². The Morgan fingerprint density at radius 2 is 2.12 bits per heavy atom. The van der Waals surface area contributed by atoms with Gasteiger partial charge >= 0.3 is 0 Å². The molecule has 0 saturated carbocycles. The van der Waals surface area contributed by atoms with Crippen LogP contribution in [-0.2, 0) is 14.6 Å². The third-order valence-corrected chi connectivity index (χ3v) is 1.87. The molecule has 0 amide bonds. The van der Waals surface area contributed by atoms with Crippen molar-refractivity contribution in [1.82, 2.24) is 5.48 Å². The largest absolute Gasteiger partial charge is 0.388 e. The Balaban J connectivity index is 3.20. The first-order valence-electron chi connectivity index (χ1n) is 5.70. The van der Waals surface area contributed by atoms with Crippen LogP contribution < -0.4 is 11.2 Å². The van der Waals surface area contributed by atoms with Crippen molar-refractivity contribution in [1.29, 1.82) is 0 Å². The van der Waals surface area contributed by atoms with Gasteiger partial charge in [0.15, 0.2) is 0 Å². The topological polar surface area (TPSA) is 86.0 Å². The zero-order valence-electron chi connectivity index (χ0n) is 10.1. The van der Waals surface area contributed by atoms with Crippen LogP contribution in [-0.4, -0.2) is 43.6 Å². The number of aliphatic hydroxyl groups excluding tert-OH is 1. The minimum absolute atomic E-state index is 0.0120. The first kappa shape index (κ1) is 15.8. The van der Waals surface area contributed by atoms with Gasteiger partial charge in [0.1, 0.15) is 12.7 Å². The van der Waals surface area contributed by atoms with E-state index in [9.17, 15) is 5.11 Å². The Morgan fingerprint density at radius 1 is 1.38 bits per heavy atom. The van der Waals surface area contributed by atoms with Crippen LogP contribution in [0.1, 0.15) is 26.7 Å². The molecule has 2 atom stereocenters. The minimum Gasteiger partial charge on any atom is -0.388 e. The van der Waals surface area contributed by atoms with Gasteiger partial charge in [-0.2, -0.15) is 5.48 Å². The molecule has 6 heteroatoms. The molecular formula is C10H24N2O4. The smallest absolute Gasteiger partial charge is 0.112 e. The number of ether oxygens (including phenoxy) is 1. The quantitative estimate of drug-likeness (QED) is 0.265. The highest BCUT2D eigenvalue weighted by Gasteiger charge is 2.05. The predicted octanol–water partition coefficient (Wildman–Crippen LogP) is -0.0360. The van der Waals surface area contributed by atoms with Gasteiger partial charge in [-0.15, -0.1) is 4.99 Å². The highest BCUT2D eigenvalue weighted by Crippen LogP contribution is 1.92. The van der Waals surface area contributed by atoms with Crippen molar-refractivity contribution in [3.8, 4) is 0 Å². The summed E-state index contributed by atoms with van der Waals surface area (Å²) in [5.74, 6) is 0. The van der Waals surface area contributed by atoms with Gasteiger partial charge in [-0.05, 0) is 13.3 Å². The van der Waals surface area contributed by atoms with Crippen LogP contribution in [0.4, 0.5) is 0 Å². The van der Waals surface area contributed by atoms with Crippen LogP contribution in [0.3, 0.4) is 0 Å². The summed E-state index contributed by atoms with van der Waals surface area (Å²) >= 11 is 0. The van der Waals surface area contributed by atoms with Gasteiger partial charge in [0, 0.05) is 19.2 Å². The summed E-state index contributed by atoms with van der Waals surface area (Å²) in [4.78, 5) is 9.37. The zero-order valence-corrected chi connectivity index (χ0v) is 10.1. The fraction of sp³-hybridized carbons (Fsp3) is 1.00. The zero-order chi connectivity index (χ0) is 12.2. The lowest BCUT2D eigenvalue weighted by molar-refractivity contribution is -0.350. The second kappa shape index (κ2) is 11.3. The average Bonchev–Trinajstić information content (AvgIpc) is 2.30. The fourth-order valence-electron chi connectivity index (χ4n) is 0.791. The number of hydrogen-bond donors (Lipinski definition) is 3. The Labute approximate surface area is 96.9 Å². The second-order valence-electron chi connectivity index (χ2n) is 3.70. The number of rotatable bonds is 11. The average molecular weight is 236 g/mol. The van der Waals surface area contributed by atoms with E-state index < -0.39 is 6.10 Å². The standard InChI is InChI=1S/C10H24N2O4/c1-3-4-5-14-7-10(13)8-15-16-12-9(2)6-11/h9-10,12-13H,3-8,11H2,1-2H3. The van der Waals surface area contributed by atoms with Gasteiger partial charge < -0.3 is 15.6 Å². The summed E-state index contributed by atoms with van der Waals surface area (Å²) < 4.78 is 5.21. The Kier molecular flexibility index (Phi) is 11.1. The molecule has 0 rings (SSSR count). The molecule has 0 bridgehead atoms. The van der Waals surface area contributed by atoms with Crippen molar-refractivity contribution < 1.29 is 19.7 Å². The molecule has 0 aromatic heterocycles. The molecule has 0 fully saturated rings. The molecule has 0 spiro atoms. The third kappa shape index (κ3) is 10.3. The summed E-state index contributed by atoms with van der Waals surface area (Å²) in [5, 5.41) is 9.39. The van der Waals surface area contributed by atoms with Crippen molar-refractivity contribution in [3.63, 3.8) is 0 Å². The molecule has 0 saturated heterocycles. The summed E-state index contributed by atoms with van der Waals surface area (Å²) in [6, 6.07) is 0.0120. The number of unbranched alkanes of at least 4 members (excludes halogenated alkanes) is 1. The molecule has 0 aliphatic carbocycles. The van der Waals surface area contributed by atoms with Gasteiger partial charge in [0.05, 0.1) is 6.61 Å². The summed E-state index contributed by atoms with van der Waals surface area (Å²) in [6.07, 6.45) is 1.41. The van der Waals surface area contributed by atoms with Crippen molar-refractivity contribution in [2.24, 2.45) is 5.73 Å². The first-order chi connectivity index (χ1) is 7.70. The summed E-state index contributed by atoms with van der Waals surface area (Å²) in [5.41, 5.74) is 7.91. The van der Waals surface area contributed by atoms with E-state index in [4.69, 9.17) is 15.4 Å². The molecule has 4 N–H and O–H groups in total. The number of nitrogens with one attached hydrogen (secondary N) is 1. The lowest BCUT2D eigenvalue weighted by atomic mass is 10.3. The van der Waals surface area contributed by atoms with E-state index in [0.717, 1.165) is 12.8 Å². The molecule has 0 aromatic carbocycles. The van der Waals surface area contributed by atoms with Crippen molar-refractivity contribution in [3.05, 3.63) is 0 Å². The van der Waals surface area contributed by atoms with E-state index in [1.54, 1.807) is 0 Å². The Morgan fingerprint density at radius 3 is 2.75 bits per heavy atom. The van der Waals surface area contributed by atoms with Crippen molar-refractivity contribution >= 4 is 0 Å². The molecule has 16 heavy (non-hydrogen) atoms. The maximum Gasteiger partial charge on any atom is 0.112 e. The van der Waals surface area contributed by atoms with Crippen molar-refractivity contribution in [2.75, 3.05) is 26.4 Å². The lowest BCUT2D eigenvalue weighted by Gasteiger charge is -2.13. The number of nitrogens with two attached hydrogens (primary N) is 1. The van der Waals surface area contributed by atoms with E-state index >= 15 is 0 Å². The molecule has 0 radical (unpaired) electrons. The van der Waals surface area contributed by atoms with E-state index in [1.165, 1.54) is 0 Å². The fourth-order valence-corrected chi connectivity index (χ4v) is 0.791. The summed E-state index contributed by atoms with van der Waals surface area (Å²) in [6.45, 7) is 5.38. The molecule has 0 aromatic rings. The normalized spacial score (nSPS) is 15.0. The second-order valence-corrected chi connectivity index (χ2v) is 3.70. The monoisotopic (exact) mass is 236 g/mol. The highest BCUT2D eigenvalue weighted by molar-refractivity contribution is 4.52. The number of aliphatic hydroxyl groups is 1. The van der Waals surface area contributed by atoms with Crippen LogP contribution in [0.2, 0.25) is 0 Å². The highest BCUT2D eigenvalue weighted by atomic mass is 17.3. The molecule has 98 valence electrons. The van der Waals surface area contributed by atoms with Gasteiger partial charge in [-0.3, -0.25) is 0 Å². The lowest BCUT2D eigenvalue weighted by Crippen LogP contribution is -2.34. The summed E-state index contributed by atoms with van der Waals surface area (Å²) in [7, 11) is 0. The van der Waals surface area contributed by atoms with Crippen LogP contribution in [0.25, 0.3) is 0 Å². The Hall–Kier alpha value is -0.240. The van der Waals surface area contributed by atoms with Gasteiger partial charge in [0.25, 0.3) is 0 Å². The third-order valence-electron chi connectivity index (χ3n) is 1.87. The molecule has 2 unspecified atom stereocenters. The Bertz CT molecular complexity index is 149. The maximum atomic E-state index is 9.39. The van der Waals surface area contributed by atoms with E-state index in [1.807, 2.05) is 6.92 Å². The van der Waals surface area contributed by atoms with Crippen LogP contribution >= 0.6 is 0 Å². The van der Waals surface area contributed by atoms with Crippen molar-refractivity contribution in [2.45, 2.75) is 38.8 Å². The van der Waals surface area contributed by atoms with E-state index in [0.29, 0.717) is 13.2 Å². The maximum absolute atomic E-state index is 9.39. The molecule has 0 heterocycles. The predicted molar refractivity (Wildman–Crippen MR) is 60.4 cm³/mol. The number of hydroxylamine groups is 1. The van der Waals surface area contributed by atoms with Crippen LogP contribution in [0.5, 0.6) is 0 Å². The molecular weight excluding hydrogens is 212 g/mol. The van der Waals surface area contributed by atoms with Gasteiger partial charge in [-0.25, -0.2) is 4.89 Å². The number of hydrogen-bond acceptors (Lipinski definition) is 6. The first-order valence-corrected chi connectivity index (χ1v) is 5.70. The van der Waals surface area contributed by atoms with Crippen LogP contribution in [0, 0.1) is 0 Å². The van der Waals surface area contributed by atoms with E-state index in [-0.39, 0.29) is 19.3 Å². The molecule has 0 aliphatic heterocycles.